The van der Waals surface area contributed by atoms with E-state index in [4.69, 9.17) is 37.0 Å². The van der Waals surface area contributed by atoms with Gasteiger partial charge in [-0.3, -0.25) is 37.3 Å². The molecule has 600 valence electrons. The molecular formula is C82H160O17P2. The van der Waals surface area contributed by atoms with E-state index in [2.05, 4.69) is 34.6 Å². The minimum Gasteiger partial charge on any atom is -0.462 e. The van der Waals surface area contributed by atoms with E-state index >= 15 is 0 Å². The standard InChI is InChI=1S/C82H160O17P2/c1-6-9-12-15-18-21-24-27-29-30-31-32-33-35-38-41-47-52-57-62-67-81(86)98-77(71-93-80(85)66-61-56-51-46-40-37-34-28-25-22-19-16-13-10-7-2)73-96-100(88,89)94-69-76(83)70-95-101(90,91)97-74-78(99-82(87)68-63-58-53-48-43-42-44-49-54-59-64-75(4)5)72-92-79(84)65-60-55-50-45-39-36-26-23-20-17-14-11-8-3/h75-78,83H,6-74H2,1-5H3,(H,88,89)(H,90,91)/t76-,77-,78-/m1/s1. The lowest BCUT2D eigenvalue weighted by atomic mass is 10.0. The Morgan fingerprint density at radius 3 is 0.673 bits per heavy atom. The third-order valence-corrected chi connectivity index (χ3v) is 21.2. The van der Waals surface area contributed by atoms with Crippen molar-refractivity contribution >= 4 is 39.5 Å². The Labute approximate surface area is 619 Å². The number of carbonyl (C=O) groups excluding carboxylic acids is 4. The highest BCUT2D eigenvalue weighted by Crippen LogP contribution is 2.45. The number of esters is 4. The maximum absolute atomic E-state index is 13.1. The van der Waals surface area contributed by atoms with E-state index in [0.717, 1.165) is 95.8 Å². The van der Waals surface area contributed by atoms with Gasteiger partial charge < -0.3 is 33.8 Å². The summed E-state index contributed by atoms with van der Waals surface area (Å²) in [7, 11) is -9.92. The van der Waals surface area contributed by atoms with E-state index in [1.165, 1.54) is 263 Å². The highest BCUT2D eigenvalue weighted by molar-refractivity contribution is 7.47. The van der Waals surface area contributed by atoms with Gasteiger partial charge in [0.25, 0.3) is 0 Å². The van der Waals surface area contributed by atoms with E-state index in [1.807, 2.05) is 0 Å². The summed E-state index contributed by atoms with van der Waals surface area (Å²) in [6, 6.07) is 0. The van der Waals surface area contributed by atoms with Crippen molar-refractivity contribution in [2.75, 3.05) is 39.6 Å². The Bertz CT molecular complexity index is 1930. The van der Waals surface area contributed by atoms with Gasteiger partial charge in [0.05, 0.1) is 26.4 Å². The largest absolute Gasteiger partial charge is 0.472 e. The topological polar surface area (TPSA) is 237 Å². The van der Waals surface area contributed by atoms with Crippen LogP contribution in [0.25, 0.3) is 0 Å². The summed E-state index contributed by atoms with van der Waals surface area (Å²) in [6.07, 6.45) is 66.5. The molecular weight excluding hydrogens is 1320 g/mol. The van der Waals surface area contributed by atoms with Crippen molar-refractivity contribution in [1.29, 1.82) is 0 Å². The molecule has 0 aromatic carbocycles. The molecule has 0 amide bonds. The second kappa shape index (κ2) is 74.9. The maximum atomic E-state index is 13.1. The Balaban J connectivity index is 5.24. The molecule has 0 radical (unpaired) electrons. The number of ether oxygens (including phenoxy) is 4. The number of aliphatic hydroxyl groups excluding tert-OH is 1. The average Bonchev–Trinajstić information content (AvgIpc) is 0.964. The zero-order chi connectivity index (χ0) is 74.1. The molecule has 0 aromatic rings. The van der Waals surface area contributed by atoms with E-state index in [9.17, 15) is 43.2 Å². The van der Waals surface area contributed by atoms with Gasteiger partial charge in [0.2, 0.25) is 0 Å². The zero-order valence-corrected chi connectivity index (χ0v) is 67.8. The predicted molar refractivity (Wildman–Crippen MR) is 414 cm³/mol. The molecule has 101 heavy (non-hydrogen) atoms. The number of hydrogen-bond acceptors (Lipinski definition) is 15. The minimum atomic E-state index is -4.96. The molecule has 0 aliphatic carbocycles. The van der Waals surface area contributed by atoms with Crippen LogP contribution in [0.5, 0.6) is 0 Å². The lowest BCUT2D eigenvalue weighted by molar-refractivity contribution is -0.161. The Kier molecular flexibility index (Phi) is 73.5. The first kappa shape index (κ1) is 99.1. The van der Waals surface area contributed by atoms with Gasteiger partial charge in [0.1, 0.15) is 19.3 Å². The first-order valence-corrected chi connectivity index (χ1v) is 45.6. The van der Waals surface area contributed by atoms with Gasteiger partial charge >= 0.3 is 39.5 Å². The highest BCUT2D eigenvalue weighted by Gasteiger charge is 2.30. The van der Waals surface area contributed by atoms with Gasteiger partial charge in [0.15, 0.2) is 12.2 Å². The van der Waals surface area contributed by atoms with Crippen LogP contribution in [0, 0.1) is 5.92 Å². The number of rotatable bonds is 82. The van der Waals surface area contributed by atoms with Crippen LogP contribution in [0.3, 0.4) is 0 Å². The van der Waals surface area contributed by atoms with Crippen molar-refractivity contribution in [2.45, 2.75) is 457 Å². The van der Waals surface area contributed by atoms with Crippen LogP contribution in [-0.2, 0) is 65.4 Å². The van der Waals surface area contributed by atoms with E-state index in [-0.39, 0.29) is 25.7 Å². The first-order chi connectivity index (χ1) is 49.0. The molecule has 0 saturated heterocycles. The van der Waals surface area contributed by atoms with Crippen LogP contribution in [0.2, 0.25) is 0 Å². The molecule has 0 aromatic heterocycles. The van der Waals surface area contributed by atoms with Gasteiger partial charge in [-0.1, -0.05) is 388 Å². The summed E-state index contributed by atoms with van der Waals surface area (Å²) in [4.78, 5) is 73.1. The summed E-state index contributed by atoms with van der Waals surface area (Å²) in [5, 5.41) is 10.7. The number of carbonyl (C=O) groups is 4. The molecule has 0 aliphatic rings. The van der Waals surface area contributed by atoms with E-state index in [0.29, 0.717) is 25.7 Å². The monoisotopic (exact) mass is 1480 g/mol. The van der Waals surface area contributed by atoms with Gasteiger partial charge in [0, 0.05) is 25.7 Å². The number of aliphatic hydroxyl groups is 1. The van der Waals surface area contributed by atoms with Crippen LogP contribution in [0.15, 0.2) is 0 Å². The summed E-state index contributed by atoms with van der Waals surface area (Å²) < 4.78 is 68.8. The molecule has 0 bridgehead atoms. The molecule has 17 nitrogen and oxygen atoms in total. The molecule has 3 N–H and O–H groups in total. The third kappa shape index (κ3) is 76.1. The average molecular weight is 1480 g/mol. The Hall–Kier alpha value is -1.94. The van der Waals surface area contributed by atoms with Gasteiger partial charge in [-0.15, -0.1) is 0 Å². The molecule has 19 heteroatoms. The normalized spacial score (nSPS) is 13.8. The molecule has 0 spiro atoms. The molecule has 0 aliphatic heterocycles. The van der Waals surface area contributed by atoms with Crippen molar-refractivity contribution in [3.05, 3.63) is 0 Å². The van der Waals surface area contributed by atoms with Crippen molar-refractivity contribution < 1.29 is 80.2 Å². The first-order valence-electron chi connectivity index (χ1n) is 42.6. The summed E-state index contributed by atoms with van der Waals surface area (Å²) >= 11 is 0. The Morgan fingerprint density at radius 2 is 0.455 bits per heavy atom. The lowest BCUT2D eigenvalue weighted by Gasteiger charge is -2.21. The second-order valence-corrected chi connectivity index (χ2v) is 32.9. The Morgan fingerprint density at radius 1 is 0.267 bits per heavy atom. The summed E-state index contributed by atoms with van der Waals surface area (Å²) in [6.45, 7) is 7.33. The van der Waals surface area contributed by atoms with E-state index in [1.54, 1.807) is 0 Å². The minimum absolute atomic E-state index is 0.107. The quantitative estimate of drug-likeness (QED) is 0.0222. The van der Waals surface area contributed by atoms with Crippen LogP contribution in [0.1, 0.15) is 439 Å². The van der Waals surface area contributed by atoms with Gasteiger partial charge in [-0.2, -0.15) is 0 Å². The smallest absolute Gasteiger partial charge is 0.462 e. The molecule has 2 unspecified atom stereocenters. The van der Waals surface area contributed by atoms with E-state index < -0.39 is 97.5 Å². The summed E-state index contributed by atoms with van der Waals surface area (Å²) in [5.74, 6) is -1.35. The van der Waals surface area contributed by atoms with Gasteiger partial charge in [-0.05, 0) is 31.6 Å². The number of unbranched alkanes of at least 4 members (excludes halogenated alkanes) is 54. The fourth-order valence-corrected chi connectivity index (χ4v) is 14.3. The second-order valence-electron chi connectivity index (χ2n) is 30.0. The third-order valence-electron chi connectivity index (χ3n) is 19.3. The fraction of sp³-hybridized carbons (Fsp3) is 0.951. The predicted octanol–water partition coefficient (Wildman–Crippen LogP) is 24.8. The van der Waals surface area contributed by atoms with Crippen molar-refractivity contribution in [1.82, 2.24) is 0 Å². The molecule has 5 atom stereocenters. The lowest BCUT2D eigenvalue weighted by Crippen LogP contribution is -2.30. The van der Waals surface area contributed by atoms with Crippen LogP contribution >= 0.6 is 15.6 Å². The number of phosphoric acid groups is 2. The van der Waals surface area contributed by atoms with Crippen molar-refractivity contribution in [3.8, 4) is 0 Å². The van der Waals surface area contributed by atoms with Crippen LogP contribution < -0.4 is 0 Å². The fourth-order valence-electron chi connectivity index (χ4n) is 12.8. The van der Waals surface area contributed by atoms with Crippen molar-refractivity contribution in [2.24, 2.45) is 5.92 Å². The maximum Gasteiger partial charge on any atom is 0.472 e. The molecule has 0 saturated carbocycles. The number of hydrogen-bond donors (Lipinski definition) is 3. The SMILES string of the molecule is CCCCCCCCCCCCCCCCCCCCCCC(=O)O[C@H](COC(=O)CCCCCCCCCCCCCCCCC)COP(=O)(O)OC[C@@H](O)COP(=O)(O)OC[C@@H](COC(=O)CCCCCCCCCCCCCCC)OC(=O)CCCCCCCCCCCCC(C)C. The highest BCUT2D eigenvalue weighted by atomic mass is 31.2. The zero-order valence-electron chi connectivity index (χ0n) is 66.1. The molecule has 0 rings (SSSR count). The summed E-state index contributed by atoms with van der Waals surface area (Å²) in [5.41, 5.74) is 0. The van der Waals surface area contributed by atoms with Gasteiger partial charge in [-0.25, -0.2) is 9.13 Å². The molecule has 0 fully saturated rings. The van der Waals surface area contributed by atoms with Crippen LogP contribution in [-0.4, -0.2) is 96.7 Å². The van der Waals surface area contributed by atoms with Crippen molar-refractivity contribution in [3.63, 3.8) is 0 Å². The number of phosphoric ester groups is 2. The molecule has 0 heterocycles. The van der Waals surface area contributed by atoms with Crippen LogP contribution in [0.4, 0.5) is 0 Å².